The third kappa shape index (κ3) is 16.6. The van der Waals surface area contributed by atoms with Gasteiger partial charge in [0.15, 0.2) is 0 Å². The summed E-state index contributed by atoms with van der Waals surface area (Å²) in [5.74, 6) is 2.95. The van der Waals surface area contributed by atoms with Gasteiger partial charge < -0.3 is 9.47 Å². The molecule has 27 heavy (non-hydrogen) atoms. The van der Waals surface area contributed by atoms with E-state index in [-0.39, 0.29) is 14.9 Å². The van der Waals surface area contributed by atoms with E-state index < -0.39 is 0 Å². The molecule has 1 saturated heterocycles. The molecular formula is C25H56O2. The van der Waals surface area contributed by atoms with E-state index in [0.29, 0.717) is 6.10 Å². The standard InChI is InChI=1S/C10H20.C7H14O.C6H14O.2CH4/c1-3-9-5-7-10(4-2)8-6-9;1-3-7-6(2)4-5-8-7;1-3-5-7-6-4-2;;/h9-10H,3-8H2,1-2H3;6-7H,3-5H2,1-2H3;3-6H2,1-2H3;2*1H4/t;6?,7-;;;/m.1.../s1. The summed E-state index contributed by atoms with van der Waals surface area (Å²) in [6.07, 6.45) is 14.1. The second-order valence-electron chi connectivity index (χ2n) is 7.90. The van der Waals surface area contributed by atoms with E-state index >= 15 is 0 Å². The van der Waals surface area contributed by atoms with Gasteiger partial charge in [-0.15, -0.1) is 0 Å². The van der Waals surface area contributed by atoms with Crippen LogP contribution in [0.4, 0.5) is 0 Å². The third-order valence-corrected chi connectivity index (χ3v) is 5.76. The van der Waals surface area contributed by atoms with Crippen LogP contribution in [-0.4, -0.2) is 25.9 Å². The molecule has 2 heteroatoms. The van der Waals surface area contributed by atoms with Gasteiger partial charge in [0.2, 0.25) is 0 Å². The lowest BCUT2D eigenvalue weighted by Crippen LogP contribution is -2.12. The first-order chi connectivity index (χ1) is 12.1. The maximum atomic E-state index is 5.41. The van der Waals surface area contributed by atoms with Crippen LogP contribution in [0.5, 0.6) is 0 Å². The molecule has 0 aromatic rings. The smallest absolute Gasteiger partial charge is 0.0598 e. The van der Waals surface area contributed by atoms with Crippen molar-refractivity contribution in [2.75, 3.05) is 19.8 Å². The van der Waals surface area contributed by atoms with Crippen LogP contribution in [-0.2, 0) is 9.47 Å². The molecule has 2 rings (SSSR count). The lowest BCUT2D eigenvalue weighted by atomic mass is 9.80. The number of rotatable bonds is 7. The van der Waals surface area contributed by atoms with E-state index in [1.165, 1.54) is 51.4 Å². The molecule has 0 amide bonds. The van der Waals surface area contributed by atoms with E-state index in [0.717, 1.165) is 50.4 Å². The molecule has 1 aliphatic carbocycles. The van der Waals surface area contributed by atoms with Gasteiger partial charge in [-0.25, -0.2) is 0 Å². The van der Waals surface area contributed by atoms with Crippen molar-refractivity contribution < 1.29 is 9.47 Å². The first-order valence-corrected chi connectivity index (χ1v) is 11.3. The van der Waals surface area contributed by atoms with Gasteiger partial charge in [-0.1, -0.05) is 94.9 Å². The Labute approximate surface area is 174 Å². The zero-order chi connectivity index (χ0) is 18.9. The molecule has 2 nitrogen and oxygen atoms in total. The summed E-state index contributed by atoms with van der Waals surface area (Å²) in [7, 11) is 0. The molecule has 1 aliphatic heterocycles. The quantitative estimate of drug-likeness (QED) is 0.407. The molecule has 1 saturated carbocycles. The van der Waals surface area contributed by atoms with Crippen LogP contribution in [0.1, 0.15) is 121 Å². The van der Waals surface area contributed by atoms with Crippen molar-refractivity contribution in [1.82, 2.24) is 0 Å². The minimum Gasteiger partial charge on any atom is -0.381 e. The molecule has 2 atom stereocenters. The summed E-state index contributed by atoms with van der Waals surface area (Å²) in [6.45, 7) is 16.2. The Morgan fingerprint density at radius 1 is 0.704 bits per heavy atom. The summed E-state index contributed by atoms with van der Waals surface area (Å²) in [6, 6.07) is 0. The second kappa shape index (κ2) is 22.2. The van der Waals surface area contributed by atoms with Gasteiger partial charge >= 0.3 is 0 Å². The van der Waals surface area contributed by atoms with Crippen molar-refractivity contribution in [1.29, 1.82) is 0 Å². The summed E-state index contributed by atoms with van der Waals surface area (Å²) in [5, 5.41) is 0. The molecule has 0 N–H and O–H groups in total. The van der Waals surface area contributed by atoms with Crippen LogP contribution in [0.25, 0.3) is 0 Å². The first-order valence-electron chi connectivity index (χ1n) is 11.3. The number of ether oxygens (including phenoxy) is 2. The van der Waals surface area contributed by atoms with E-state index in [1.54, 1.807) is 0 Å². The van der Waals surface area contributed by atoms with Gasteiger partial charge in [0.05, 0.1) is 6.10 Å². The highest BCUT2D eigenvalue weighted by atomic mass is 16.5. The Kier molecular flexibility index (Phi) is 26.0. The Morgan fingerprint density at radius 3 is 1.37 bits per heavy atom. The average molecular weight is 389 g/mol. The fraction of sp³-hybridized carbons (Fsp3) is 1.00. The minimum absolute atomic E-state index is 0. The van der Waals surface area contributed by atoms with Crippen LogP contribution in [0.3, 0.4) is 0 Å². The predicted octanol–water partition coefficient (Wildman–Crippen LogP) is 8.53. The first kappa shape index (κ1) is 31.6. The van der Waals surface area contributed by atoms with Crippen LogP contribution in [0.15, 0.2) is 0 Å². The largest absolute Gasteiger partial charge is 0.381 e. The monoisotopic (exact) mass is 388 g/mol. The molecule has 2 fully saturated rings. The van der Waals surface area contributed by atoms with Crippen molar-refractivity contribution in [2.24, 2.45) is 17.8 Å². The molecule has 0 aromatic carbocycles. The van der Waals surface area contributed by atoms with Gasteiger partial charge in [-0.05, 0) is 43.4 Å². The van der Waals surface area contributed by atoms with E-state index in [4.69, 9.17) is 9.47 Å². The van der Waals surface area contributed by atoms with Gasteiger partial charge in [-0.3, -0.25) is 0 Å². The van der Waals surface area contributed by atoms with Crippen molar-refractivity contribution in [3.05, 3.63) is 0 Å². The number of hydrogen-bond acceptors (Lipinski definition) is 2. The maximum Gasteiger partial charge on any atom is 0.0598 e. The lowest BCUT2D eigenvalue weighted by Gasteiger charge is -2.26. The van der Waals surface area contributed by atoms with Gasteiger partial charge in [0.1, 0.15) is 0 Å². The second-order valence-corrected chi connectivity index (χ2v) is 7.90. The van der Waals surface area contributed by atoms with Crippen LogP contribution in [0, 0.1) is 17.8 Å². The molecule has 0 spiro atoms. The van der Waals surface area contributed by atoms with Crippen molar-refractivity contribution in [3.63, 3.8) is 0 Å². The maximum absolute atomic E-state index is 5.41. The van der Waals surface area contributed by atoms with Crippen molar-refractivity contribution >= 4 is 0 Å². The molecule has 1 unspecified atom stereocenters. The van der Waals surface area contributed by atoms with Crippen molar-refractivity contribution in [2.45, 2.75) is 127 Å². The summed E-state index contributed by atoms with van der Waals surface area (Å²) in [4.78, 5) is 0. The van der Waals surface area contributed by atoms with Gasteiger partial charge in [-0.2, -0.15) is 0 Å². The molecule has 168 valence electrons. The van der Waals surface area contributed by atoms with Crippen LogP contribution in [0.2, 0.25) is 0 Å². The minimum atomic E-state index is 0. The van der Waals surface area contributed by atoms with Crippen molar-refractivity contribution in [3.8, 4) is 0 Å². The zero-order valence-corrected chi connectivity index (χ0v) is 18.3. The Bertz CT molecular complexity index is 243. The van der Waals surface area contributed by atoms with Gasteiger partial charge in [0, 0.05) is 19.8 Å². The average Bonchev–Trinajstić information content (AvgIpc) is 3.08. The van der Waals surface area contributed by atoms with Crippen LogP contribution < -0.4 is 0 Å². The number of hydrogen-bond donors (Lipinski definition) is 0. The van der Waals surface area contributed by atoms with E-state index in [9.17, 15) is 0 Å². The summed E-state index contributed by atoms with van der Waals surface area (Å²) < 4.78 is 10.5. The van der Waals surface area contributed by atoms with Crippen LogP contribution >= 0.6 is 0 Å². The highest BCUT2D eigenvalue weighted by molar-refractivity contribution is 4.70. The van der Waals surface area contributed by atoms with E-state index in [1.807, 2.05) is 0 Å². The molecule has 2 aliphatic rings. The molecule has 0 radical (unpaired) electrons. The van der Waals surface area contributed by atoms with E-state index in [2.05, 4.69) is 41.5 Å². The molecule has 0 bridgehead atoms. The highest BCUT2D eigenvalue weighted by Gasteiger charge is 2.21. The summed E-state index contributed by atoms with van der Waals surface area (Å²) >= 11 is 0. The topological polar surface area (TPSA) is 18.5 Å². The Hall–Kier alpha value is -0.0800. The lowest BCUT2D eigenvalue weighted by molar-refractivity contribution is 0.0912. The highest BCUT2D eigenvalue weighted by Crippen LogP contribution is 2.31. The molecule has 1 heterocycles. The molecule has 0 aromatic heterocycles. The SMILES string of the molecule is C.C.CCC1CCC(CC)CC1.CCCOCCC.CC[C@H]1OCCC1C. The zero-order valence-electron chi connectivity index (χ0n) is 18.3. The third-order valence-electron chi connectivity index (χ3n) is 5.76. The summed E-state index contributed by atoms with van der Waals surface area (Å²) in [5.41, 5.74) is 0. The predicted molar refractivity (Wildman–Crippen MR) is 125 cm³/mol. The fourth-order valence-electron chi connectivity index (χ4n) is 3.71. The Balaban J connectivity index is -0.000000314. The molecular weight excluding hydrogens is 332 g/mol. The normalized spacial score (nSPS) is 26.4. The fourth-order valence-corrected chi connectivity index (χ4v) is 3.71. The van der Waals surface area contributed by atoms with Gasteiger partial charge in [0.25, 0.3) is 0 Å². The Morgan fingerprint density at radius 2 is 1.15 bits per heavy atom.